The van der Waals surface area contributed by atoms with Gasteiger partial charge in [-0.3, -0.25) is 18.6 Å². The van der Waals surface area contributed by atoms with Gasteiger partial charge in [0, 0.05) is 12.8 Å². The lowest BCUT2D eigenvalue weighted by atomic mass is 10.0. The molecule has 0 aliphatic carbocycles. The van der Waals surface area contributed by atoms with Crippen molar-refractivity contribution in [3.8, 4) is 0 Å². The smallest absolute Gasteiger partial charge is 0.462 e. The molecule has 0 amide bonds. The number of ether oxygens (including phenoxy) is 2. The third kappa shape index (κ3) is 67.5. The minimum atomic E-state index is -4.40. The first-order valence-corrected chi connectivity index (χ1v) is 35.8. The van der Waals surface area contributed by atoms with Gasteiger partial charge in [0.2, 0.25) is 0 Å². The monoisotopic (exact) mass is 1190 g/mol. The molecule has 0 bridgehead atoms. The molecule has 2 atom stereocenters. The number of hydrogen-bond acceptors (Lipinski definition) is 7. The summed E-state index contributed by atoms with van der Waals surface area (Å²) >= 11 is 0. The van der Waals surface area contributed by atoms with E-state index >= 15 is 0 Å². The fraction of sp³-hybridized carbons (Fsp3) is 0.703. The average Bonchev–Trinajstić information content (AvgIpc) is 3.61. The molecule has 0 saturated heterocycles. The molecule has 0 rings (SSSR count). The normalized spacial score (nSPS) is 13.9. The van der Waals surface area contributed by atoms with Crippen molar-refractivity contribution in [2.75, 3.05) is 47.5 Å². The predicted octanol–water partition coefficient (Wildman–Crippen LogP) is 22.3. The number of carbonyl (C=O) groups is 2. The summed E-state index contributed by atoms with van der Waals surface area (Å²) in [5.74, 6) is -0.814. The van der Waals surface area contributed by atoms with E-state index in [9.17, 15) is 19.0 Å². The Bertz CT molecular complexity index is 1830. The second-order valence-corrected chi connectivity index (χ2v) is 25.3. The van der Waals surface area contributed by atoms with E-state index < -0.39 is 26.5 Å². The number of rotatable bonds is 62. The Hall–Kier alpha value is -3.59. The maximum atomic E-state index is 12.9. The fourth-order valence-corrected chi connectivity index (χ4v) is 9.98. The van der Waals surface area contributed by atoms with Crippen LogP contribution < -0.4 is 0 Å². The van der Waals surface area contributed by atoms with Crippen LogP contribution in [-0.4, -0.2) is 74.9 Å². The predicted molar refractivity (Wildman–Crippen MR) is 362 cm³/mol. The van der Waals surface area contributed by atoms with Crippen molar-refractivity contribution in [3.63, 3.8) is 0 Å². The Kier molecular flexibility index (Phi) is 61.2. The van der Waals surface area contributed by atoms with Crippen molar-refractivity contribution in [2.24, 2.45) is 0 Å². The quantitative estimate of drug-likeness (QED) is 0.0211. The van der Waals surface area contributed by atoms with Crippen molar-refractivity contribution in [2.45, 2.75) is 290 Å². The molecule has 9 nitrogen and oxygen atoms in total. The lowest BCUT2D eigenvalue weighted by Gasteiger charge is -2.24. The maximum Gasteiger partial charge on any atom is 0.472 e. The molecule has 1 N–H and O–H groups in total. The number of likely N-dealkylation sites (N-methyl/N-ethyl adjacent to an activating group) is 1. The Morgan fingerprint density at radius 1 is 0.381 bits per heavy atom. The molecule has 0 saturated carbocycles. The van der Waals surface area contributed by atoms with Crippen molar-refractivity contribution in [1.82, 2.24) is 0 Å². The Balaban J connectivity index is 4.13. The van der Waals surface area contributed by atoms with Gasteiger partial charge in [0.15, 0.2) is 6.10 Å². The first-order chi connectivity index (χ1) is 41.0. The molecule has 0 heterocycles. The van der Waals surface area contributed by atoms with Crippen LogP contribution in [0, 0.1) is 0 Å². The largest absolute Gasteiger partial charge is 0.472 e. The van der Waals surface area contributed by atoms with E-state index in [1.807, 2.05) is 21.1 Å². The van der Waals surface area contributed by atoms with Gasteiger partial charge in [0.1, 0.15) is 19.8 Å². The second-order valence-electron chi connectivity index (χ2n) is 23.8. The van der Waals surface area contributed by atoms with Gasteiger partial charge in [0.05, 0.1) is 27.7 Å². The van der Waals surface area contributed by atoms with Crippen molar-refractivity contribution in [3.05, 3.63) is 122 Å². The molecule has 10 heteroatoms. The first-order valence-electron chi connectivity index (χ1n) is 34.3. The molecule has 0 spiro atoms. The highest BCUT2D eigenvalue weighted by Crippen LogP contribution is 2.43. The standard InChI is InChI=1S/C74H128NO8P/c1-6-8-10-12-14-16-18-20-22-24-26-28-30-32-34-36-37-39-41-43-45-47-49-51-53-55-57-59-61-63-65-67-74(77)83-72(71-82-84(78,79)81-69-68-75(3,4)5)70-80-73(76)66-64-62-60-58-56-54-52-50-48-46-44-42-40-38-35-33-31-29-27-25-23-21-19-17-15-13-11-9-7-2/h8,10,14,16,19-22,25-28,32,34,37,39,43,45,49,51,72H,6-7,9,11-13,15,17-18,23-24,29-31,33,35-36,38,40-42,44,46-48,50,52-71H2,1-5H3/p+1/b10-8-,16-14-,21-19-,22-20-,27-25-,28-26-,34-32-,39-37-,45-43-,51-49-. The fourth-order valence-electron chi connectivity index (χ4n) is 9.24. The number of quaternary nitrogens is 1. The first kappa shape index (κ1) is 80.4. The SMILES string of the molecule is CC/C=C\C/C=C\C/C=C\C/C=C\C/C=C\C/C=C\C/C=C\C/C=C\CCCCCCCCC(=O)OC(COC(=O)CCCCCCCCCCCCCCCCCCC/C=C\C/C=C\CCCCCCC)COP(=O)(O)OCC[N+](C)(C)C. The van der Waals surface area contributed by atoms with Crippen molar-refractivity contribution >= 4 is 19.8 Å². The minimum absolute atomic E-state index is 0.0232. The lowest BCUT2D eigenvalue weighted by Crippen LogP contribution is -2.37. The Morgan fingerprint density at radius 3 is 1.01 bits per heavy atom. The van der Waals surface area contributed by atoms with E-state index in [0.29, 0.717) is 17.4 Å². The van der Waals surface area contributed by atoms with Gasteiger partial charge < -0.3 is 18.9 Å². The van der Waals surface area contributed by atoms with E-state index in [1.165, 1.54) is 135 Å². The topological polar surface area (TPSA) is 108 Å². The summed E-state index contributed by atoms with van der Waals surface area (Å²) in [7, 11) is 1.46. The van der Waals surface area contributed by atoms with Gasteiger partial charge in [-0.05, 0) is 109 Å². The number of carbonyl (C=O) groups excluding carboxylic acids is 2. The molecule has 482 valence electrons. The average molecular weight is 1190 g/mol. The number of allylic oxidation sites excluding steroid dienone is 20. The molecule has 0 radical (unpaired) electrons. The van der Waals surface area contributed by atoms with E-state index in [2.05, 4.69) is 135 Å². The van der Waals surface area contributed by atoms with Gasteiger partial charge in [-0.25, -0.2) is 4.57 Å². The summed E-state index contributed by atoms with van der Waals surface area (Å²) in [5, 5.41) is 0. The summed E-state index contributed by atoms with van der Waals surface area (Å²) in [6, 6.07) is 0. The van der Waals surface area contributed by atoms with Crippen LogP contribution in [-0.2, 0) is 32.7 Å². The zero-order valence-corrected chi connectivity index (χ0v) is 55.7. The van der Waals surface area contributed by atoms with Crippen molar-refractivity contribution < 1.29 is 42.1 Å². The highest BCUT2D eigenvalue weighted by molar-refractivity contribution is 7.47. The minimum Gasteiger partial charge on any atom is -0.462 e. The number of phosphoric acid groups is 1. The summed E-state index contributed by atoms with van der Waals surface area (Å²) in [5.41, 5.74) is 0. The van der Waals surface area contributed by atoms with Crippen LogP contribution in [0.2, 0.25) is 0 Å². The Morgan fingerprint density at radius 2 is 0.679 bits per heavy atom. The van der Waals surface area contributed by atoms with Crippen LogP contribution in [0.15, 0.2) is 122 Å². The van der Waals surface area contributed by atoms with Gasteiger partial charge in [-0.1, -0.05) is 283 Å². The molecule has 0 aliphatic rings. The van der Waals surface area contributed by atoms with Crippen LogP contribution in [0.3, 0.4) is 0 Å². The molecule has 0 aromatic carbocycles. The van der Waals surface area contributed by atoms with Crippen LogP contribution in [0.4, 0.5) is 0 Å². The summed E-state index contributed by atoms with van der Waals surface area (Å²) in [4.78, 5) is 35.9. The number of unbranched alkanes of at least 4 members (excludes halogenated alkanes) is 28. The Labute approximate surface area is 518 Å². The van der Waals surface area contributed by atoms with Crippen LogP contribution in [0.5, 0.6) is 0 Å². The number of hydrogen-bond donors (Lipinski definition) is 1. The van der Waals surface area contributed by atoms with Gasteiger partial charge >= 0.3 is 19.8 Å². The molecule has 0 fully saturated rings. The maximum absolute atomic E-state index is 12.9. The molecular formula is C74H129NO8P+. The summed E-state index contributed by atoms with van der Waals surface area (Å²) < 4.78 is 34.7. The van der Waals surface area contributed by atoms with Gasteiger partial charge in [-0.2, -0.15) is 0 Å². The van der Waals surface area contributed by atoms with Crippen molar-refractivity contribution in [1.29, 1.82) is 0 Å². The zero-order valence-electron chi connectivity index (χ0n) is 54.9. The lowest BCUT2D eigenvalue weighted by molar-refractivity contribution is -0.870. The van der Waals surface area contributed by atoms with E-state index in [4.69, 9.17) is 18.5 Å². The van der Waals surface area contributed by atoms with Crippen LogP contribution in [0.25, 0.3) is 0 Å². The molecule has 0 aliphatic heterocycles. The van der Waals surface area contributed by atoms with E-state index in [1.54, 1.807) is 0 Å². The number of esters is 2. The number of nitrogens with zero attached hydrogens (tertiary/aromatic N) is 1. The molecule has 0 aromatic rings. The second kappa shape index (κ2) is 63.9. The molecule has 84 heavy (non-hydrogen) atoms. The van der Waals surface area contributed by atoms with Gasteiger partial charge in [0.25, 0.3) is 0 Å². The third-order valence-electron chi connectivity index (χ3n) is 14.5. The zero-order chi connectivity index (χ0) is 61.2. The molecule has 2 unspecified atom stereocenters. The van der Waals surface area contributed by atoms with E-state index in [-0.39, 0.29) is 32.0 Å². The molecular weight excluding hydrogens is 1060 g/mol. The highest BCUT2D eigenvalue weighted by Gasteiger charge is 2.27. The summed E-state index contributed by atoms with van der Waals surface area (Å²) in [6.07, 6.45) is 91.5. The van der Waals surface area contributed by atoms with Crippen LogP contribution >= 0.6 is 7.82 Å². The summed E-state index contributed by atoms with van der Waals surface area (Å²) in [6.45, 7) is 4.31. The van der Waals surface area contributed by atoms with Gasteiger partial charge in [-0.15, -0.1) is 0 Å². The molecule has 0 aromatic heterocycles. The van der Waals surface area contributed by atoms with E-state index in [0.717, 1.165) is 116 Å². The highest BCUT2D eigenvalue weighted by atomic mass is 31.2. The third-order valence-corrected chi connectivity index (χ3v) is 15.5. The number of phosphoric ester groups is 1. The van der Waals surface area contributed by atoms with Crippen LogP contribution in [0.1, 0.15) is 284 Å².